The molecule has 5 heteroatoms. The molecule has 0 aromatic carbocycles. The van der Waals surface area contributed by atoms with Crippen LogP contribution in [0.3, 0.4) is 0 Å². The molecule has 0 atom stereocenters. The second kappa shape index (κ2) is 6.77. The molecule has 0 aromatic heterocycles. The van der Waals surface area contributed by atoms with Crippen LogP contribution in [-0.2, 0) is 4.74 Å². The number of hydrogen-bond donors (Lipinski definition) is 2. The Bertz CT molecular complexity index is 193. The minimum absolute atomic E-state index is 0.0329. The number of ether oxygens (including phenoxy) is 1. The molecule has 0 rings (SSSR count). The van der Waals surface area contributed by atoms with Gasteiger partial charge in [0.25, 0.3) is 5.92 Å². The zero-order chi connectivity index (χ0) is 12.8. The molecule has 1 N–H and O–H groups in total. The second-order valence-electron chi connectivity index (χ2n) is 4.76. The van der Waals surface area contributed by atoms with Gasteiger partial charge in [0.15, 0.2) is 0 Å². The smallest absolute Gasteiger partial charge is 0.251 e. The molecule has 0 unspecified atom stereocenters. The summed E-state index contributed by atoms with van der Waals surface area (Å²) in [4.78, 5) is -0.647. The molecule has 0 radical (unpaired) electrons. The van der Waals surface area contributed by atoms with Gasteiger partial charge in [-0.3, -0.25) is 0 Å². The van der Waals surface area contributed by atoms with Gasteiger partial charge in [0, 0.05) is 25.4 Å². The van der Waals surface area contributed by atoms with Crippen LogP contribution in [0.25, 0.3) is 0 Å². The monoisotopic (exact) mass is 255 g/mol. The summed E-state index contributed by atoms with van der Waals surface area (Å²) in [5.41, 5.74) is 0. The van der Waals surface area contributed by atoms with Gasteiger partial charge in [-0.05, 0) is 13.8 Å². The van der Waals surface area contributed by atoms with E-state index in [-0.39, 0.29) is 25.5 Å². The summed E-state index contributed by atoms with van der Waals surface area (Å²) in [6.45, 7) is 7.69. The predicted molar refractivity (Wildman–Crippen MR) is 66.3 cm³/mol. The van der Waals surface area contributed by atoms with Crippen molar-refractivity contribution in [3.05, 3.63) is 0 Å². The summed E-state index contributed by atoms with van der Waals surface area (Å²) in [7, 11) is 0. The minimum Gasteiger partial charge on any atom is -0.365 e. The van der Waals surface area contributed by atoms with Gasteiger partial charge in [-0.1, -0.05) is 13.8 Å². The van der Waals surface area contributed by atoms with Gasteiger partial charge in [-0.15, -0.1) is 12.6 Å². The standard InChI is InChI=1S/C11H23F2NOS/c1-9(2)14-7-5-11(12,13)6-8-15-10(3,4)16/h9,14,16H,5-8H2,1-4H3. The third-order valence-corrected chi connectivity index (χ3v) is 2.10. The zero-order valence-electron chi connectivity index (χ0n) is 10.5. The molecule has 0 fully saturated rings. The van der Waals surface area contributed by atoms with E-state index in [1.54, 1.807) is 13.8 Å². The van der Waals surface area contributed by atoms with Gasteiger partial charge in [0.05, 0.1) is 6.61 Å². The lowest BCUT2D eigenvalue weighted by Crippen LogP contribution is -2.30. The van der Waals surface area contributed by atoms with Gasteiger partial charge >= 0.3 is 0 Å². The molecule has 16 heavy (non-hydrogen) atoms. The highest BCUT2D eigenvalue weighted by Crippen LogP contribution is 2.24. The van der Waals surface area contributed by atoms with Crippen LogP contribution in [0.2, 0.25) is 0 Å². The highest BCUT2D eigenvalue weighted by atomic mass is 32.1. The highest BCUT2D eigenvalue weighted by molar-refractivity contribution is 7.81. The lowest BCUT2D eigenvalue weighted by molar-refractivity contribution is -0.0527. The quantitative estimate of drug-likeness (QED) is 0.514. The van der Waals surface area contributed by atoms with Gasteiger partial charge in [-0.2, -0.15) is 0 Å². The Morgan fingerprint density at radius 3 is 2.25 bits per heavy atom. The molecule has 0 saturated carbocycles. The molecule has 0 aliphatic carbocycles. The Morgan fingerprint density at radius 2 is 1.81 bits per heavy atom. The van der Waals surface area contributed by atoms with Crippen molar-refractivity contribution in [1.29, 1.82) is 0 Å². The SMILES string of the molecule is CC(C)NCCC(F)(F)CCOC(C)(C)S. The Morgan fingerprint density at radius 1 is 1.25 bits per heavy atom. The molecule has 2 nitrogen and oxygen atoms in total. The van der Waals surface area contributed by atoms with E-state index < -0.39 is 10.9 Å². The fourth-order valence-electron chi connectivity index (χ4n) is 1.12. The molecule has 0 aliphatic heterocycles. The first kappa shape index (κ1) is 16.1. The fraction of sp³-hybridized carbons (Fsp3) is 1.00. The molecule has 0 aromatic rings. The predicted octanol–water partition coefficient (Wildman–Crippen LogP) is 3.08. The van der Waals surface area contributed by atoms with Crippen LogP contribution in [0.1, 0.15) is 40.5 Å². The van der Waals surface area contributed by atoms with Crippen molar-refractivity contribution in [3.8, 4) is 0 Å². The third-order valence-electron chi connectivity index (χ3n) is 1.97. The van der Waals surface area contributed by atoms with Crippen molar-refractivity contribution in [2.45, 2.75) is 57.4 Å². The van der Waals surface area contributed by atoms with E-state index in [1.807, 2.05) is 13.8 Å². The van der Waals surface area contributed by atoms with Crippen molar-refractivity contribution < 1.29 is 13.5 Å². The molecule has 0 amide bonds. The first-order valence-electron chi connectivity index (χ1n) is 5.60. The third kappa shape index (κ3) is 10.6. The van der Waals surface area contributed by atoms with Crippen LogP contribution < -0.4 is 5.32 Å². The van der Waals surface area contributed by atoms with Crippen molar-refractivity contribution in [2.75, 3.05) is 13.2 Å². The molecular weight excluding hydrogens is 232 g/mol. The van der Waals surface area contributed by atoms with E-state index in [2.05, 4.69) is 17.9 Å². The largest absolute Gasteiger partial charge is 0.365 e. The van der Waals surface area contributed by atoms with Crippen LogP contribution in [0, 0.1) is 0 Å². The molecule has 0 bridgehead atoms. The Kier molecular flexibility index (Phi) is 6.82. The van der Waals surface area contributed by atoms with E-state index in [0.29, 0.717) is 6.54 Å². The maximum Gasteiger partial charge on any atom is 0.251 e. The van der Waals surface area contributed by atoms with Crippen LogP contribution >= 0.6 is 12.6 Å². The van der Waals surface area contributed by atoms with E-state index in [9.17, 15) is 8.78 Å². The van der Waals surface area contributed by atoms with E-state index in [4.69, 9.17) is 4.74 Å². The van der Waals surface area contributed by atoms with E-state index in [1.165, 1.54) is 0 Å². The van der Waals surface area contributed by atoms with Crippen LogP contribution in [0.5, 0.6) is 0 Å². The number of nitrogens with one attached hydrogen (secondary N) is 1. The Labute approximate surface area is 103 Å². The van der Waals surface area contributed by atoms with Gasteiger partial charge in [0.2, 0.25) is 0 Å². The number of rotatable bonds is 8. The molecule has 0 spiro atoms. The van der Waals surface area contributed by atoms with Gasteiger partial charge in [0.1, 0.15) is 4.93 Å². The van der Waals surface area contributed by atoms with Gasteiger partial charge in [-0.25, -0.2) is 8.78 Å². The molecule has 0 heterocycles. The number of halogens is 2. The summed E-state index contributed by atoms with van der Waals surface area (Å²) in [5.74, 6) is -2.67. The molecular formula is C11H23F2NOS. The summed E-state index contributed by atoms with van der Waals surface area (Å²) in [6, 6.07) is 0.239. The van der Waals surface area contributed by atoms with Crippen LogP contribution in [0.15, 0.2) is 0 Å². The van der Waals surface area contributed by atoms with Crippen LogP contribution in [0.4, 0.5) is 8.78 Å². The maximum absolute atomic E-state index is 13.3. The second-order valence-corrected chi connectivity index (χ2v) is 5.84. The summed E-state index contributed by atoms with van der Waals surface area (Å²) >= 11 is 4.10. The van der Waals surface area contributed by atoms with E-state index in [0.717, 1.165) is 0 Å². The highest BCUT2D eigenvalue weighted by Gasteiger charge is 2.28. The number of thiol groups is 1. The first-order valence-corrected chi connectivity index (χ1v) is 6.05. The normalized spacial score (nSPS) is 13.5. The van der Waals surface area contributed by atoms with E-state index >= 15 is 0 Å². The average Bonchev–Trinajstić information content (AvgIpc) is 1.99. The summed E-state index contributed by atoms with van der Waals surface area (Å²) in [5, 5.41) is 2.97. The van der Waals surface area contributed by atoms with Crippen molar-refractivity contribution in [3.63, 3.8) is 0 Å². The van der Waals surface area contributed by atoms with Crippen LogP contribution in [-0.4, -0.2) is 30.0 Å². The zero-order valence-corrected chi connectivity index (χ0v) is 11.4. The number of alkyl halides is 2. The van der Waals surface area contributed by atoms with Gasteiger partial charge < -0.3 is 10.1 Å². The summed E-state index contributed by atoms with van der Waals surface area (Å²) < 4.78 is 31.8. The van der Waals surface area contributed by atoms with Crippen molar-refractivity contribution in [2.24, 2.45) is 0 Å². The van der Waals surface area contributed by atoms with Crippen molar-refractivity contribution in [1.82, 2.24) is 5.32 Å². The number of hydrogen-bond acceptors (Lipinski definition) is 3. The lowest BCUT2D eigenvalue weighted by atomic mass is 10.1. The maximum atomic E-state index is 13.3. The van der Waals surface area contributed by atoms with Crippen molar-refractivity contribution >= 4 is 12.6 Å². The molecule has 98 valence electrons. The molecule has 0 aliphatic rings. The topological polar surface area (TPSA) is 21.3 Å². The minimum atomic E-state index is -2.67. The Hall–Kier alpha value is 0.130. The fourth-order valence-corrected chi connectivity index (χ4v) is 1.21. The molecule has 0 saturated heterocycles. The first-order chi connectivity index (χ1) is 7.12. The Balaban J connectivity index is 3.70. The summed E-state index contributed by atoms with van der Waals surface area (Å²) in [6.07, 6.45) is -0.404. The average molecular weight is 255 g/mol. The lowest BCUT2D eigenvalue weighted by Gasteiger charge is -2.22.